The van der Waals surface area contributed by atoms with Crippen LogP contribution in [0.2, 0.25) is 0 Å². The van der Waals surface area contributed by atoms with Gasteiger partial charge in [0, 0.05) is 0 Å². The van der Waals surface area contributed by atoms with Crippen molar-refractivity contribution in [2.24, 2.45) is 0 Å². The zero-order valence-electron chi connectivity index (χ0n) is 11.1. The van der Waals surface area contributed by atoms with Crippen LogP contribution in [-0.2, 0) is 0 Å². The minimum Gasteiger partial charge on any atom is -1.00 e. The first kappa shape index (κ1) is 49.9. The molecule has 8 heteroatoms. The summed E-state index contributed by atoms with van der Waals surface area (Å²) in [5.41, 5.74) is 0. The summed E-state index contributed by atoms with van der Waals surface area (Å²) >= 11 is 0. The van der Waals surface area contributed by atoms with E-state index in [1.807, 2.05) is 0 Å². The number of rotatable bonds is 0. The Hall–Kier alpha value is 3.45. The summed E-state index contributed by atoms with van der Waals surface area (Å²) < 4.78 is 0. The van der Waals surface area contributed by atoms with Gasteiger partial charge in [0.2, 0.25) is 0 Å². The van der Waals surface area contributed by atoms with Crippen LogP contribution in [0.3, 0.4) is 0 Å². The molecule has 0 spiro atoms. The van der Waals surface area contributed by atoms with Gasteiger partial charge in [0.1, 0.15) is 0 Å². The van der Waals surface area contributed by atoms with Crippen molar-refractivity contribution in [2.75, 3.05) is 0 Å². The van der Waals surface area contributed by atoms with Gasteiger partial charge in [-0.25, -0.2) is 0 Å². The maximum Gasteiger partial charge on any atom is 3.00 e. The summed E-state index contributed by atoms with van der Waals surface area (Å²) in [4.78, 5) is 0. The predicted molar refractivity (Wildman–Crippen MR) is 45.4 cm³/mol. The molecule has 0 saturated heterocycles. The van der Waals surface area contributed by atoms with E-state index < -0.39 is 18.3 Å². The number of hydrogen-bond donors (Lipinski definition) is 0. The molecule has 0 rings (SSSR count). The molecule has 0 aliphatic carbocycles. The van der Waals surface area contributed by atoms with Crippen molar-refractivity contribution in [1.82, 2.24) is 0 Å². The number of hydrogen-bond acceptors (Lipinski definition) is 3. The van der Waals surface area contributed by atoms with Crippen LogP contribution in [0.1, 0.15) is 41.5 Å². The van der Waals surface area contributed by atoms with Crippen molar-refractivity contribution in [1.29, 1.82) is 0 Å². The molecule has 3 nitrogen and oxygen atoms in total. The molecule has 0 unspecified atom stereocenters. The predicted octanol–water partition coefficient (Wildman–Crippen LogP) is -9.72. The summed E-state index contributed by atoms with van der Waals surface area (Å²) in [7, 11) is 0. The summed E-state index contributed by atoms with van der Waals surface area (Å²) in [6, 6.07) is 0. The standard InChI is InChI=1S/3C3H7O.3ClH.2Nd/c3*1-3(2)4;;;;;/h3*3H,1-2H3;3*1H;;/q3*-1;;;;2*+3/p-3. The van der Waals surface area contributed by atoms with Gasteiger partial charge in [-0.15, -0.1) is 18.3 Å². The van der Waals surface area contributed by atoms with E-state index in [1.54, 1.807) is 41.5 Å². The third kappa shape index (κ3) is 497. The largest absolute Gasteiger partial charge is 3.00 e. The molecule has 0 aromatic carbocycles. The van der Waals surface area contributed by atoms with Crippen LogP contribution in [0, 0.1) is 81.7 Å². The van der Waals surface area contributed by atoms with Gasteiger partial charge in [0.05, 0.1) is 0 Å². The summed E-state index contributed by atoms with van der Waals surface area (Å²) in [6.07, 6.45) is -1.25. The Morgan fingerprint density at radius 2 is 0.471 bits per heavy atom. The van der Waals surface area contributed by atoms with E-state index in [0.717, 1.165) is 0 Å². The maximum absolute atomic E-state index is 9.53. The van der Waals surface area contributed by atoms with Crippen molar-refractivity contribution in [3.05, 3.63) is 0 Å². The Bertz CT molecular complexity index is 58.0. The molecule has 0 aliphatic rings. The quantitative estimate of drug-likeness (QED) is 0.290. The van der Waals surface area contributed by atoms with E-state index in [9.17, 15) is 15.3 Å². The van der Waals surface area contributed by atoms with Crippen LogP contribution in [0.25, 0.3) is 0 Å². The smallest absolute Gasteiger partial charge is 1.00 e. The van der Waals surface area contributed by atoms with Gasteiger partial charge in [-0.2, -0.15) is 0 Å². The second-order valence-corrected chi connectivity index (χ2v) is 3.15. The van der Waals surface area contributed by atoms with Gasteiger partial charge in [-0.3, -0.25) is 0 Å². The topological polar surface area (TPSA) is 69.2 Å². The van der Waals surface area contributed by atoms with Gasteiger partial charge in [-0.05, 0) is 0 Å². The Balaban J connectivity index is -0.0000000104. The molecule has 2 radical (unpaired) electrons. The molecule has 0 N–H and O–H groups in total. The molecule has 0 aromatic heterocycles. The molecule has 104 valence electrons. The fourth-order valence-electron chi connectivity index (χ4n) is 0. The molecule has 0 heterocycles. The monoisotopic (exact) mass is 566 g/mol. The van der Waals surface area contributed by atoms with Gasteiger partial charge in [-0.1, -0.05) is 41.5 Å². The fraction of sp³-hybridized carbons (Fsp3) is 1.00. The zero-order chi connectivity index (χ0) is 10.7. The van der Waals surface area contributed by atoms with Gasteiger partial charge < -0.3 is 52.5 Å². The average Bonchev–Trinajstić information content (AvgIpc) is 1.54. The Morgan fingerprint density at radius 3 is 0.471 bits per heavy atom. The first-order valence-corrected chi connectivity index (χ1v) is 4.17. The number of halogens is 3. The minimum absolute atomic E-state index is 0. The van der Waals surface area contributed by atoms with E-state index >= 15 is 0 Å². The van der Waals surface area contributed by atoms with Crippen LogP contribution in [0.4, 0.5) is 0 Å². The van der Waals surface area contributed by atoms with E-state index in [4.69, 9.17) is 0 Å². The molecule has 0 amide bonds. The Labute approximate surface area is 191 Å². The normalized spacial score (nSPS) is 6.35. The molecule has 0 aromatic rings. The molecular weight excluding hydrogens is 551 g/mol. The van der Waals surface area contributed by atoms with Crippen molar-refractivity contribution in [2.45, 2.75) is 59.9 Å². The van der Waals surface area contributed by atoms with Crippen LogP contribution in [0.5, 0.6) is 0 Å². The Morgan fingerprint density at radius 1 is 0.471 bits per heavy atom. The molecule has 0 fully saturated rings. The molecule has 0 atom stereocenters. The van der Waals surface area contributed by atoms with Crippen LogP contribution >= 0.6 is 0 Å². The van der Waals surface area contributed by atoms with Crippen LogP contribution < -0.4 is 52.5 Å². The van der Waals surface area contributed by atoms with Crippen molar-refractivity contribution < 1.29 is 134 Å². The molecule has 0 saturated carbocycles. The van der Waals surface area contributed by atoms with Crippen molar-refractivity contribution >= 4 is 0 Å². The first-order valence-electron chi connectivity index (χ1n) is 4.17. The molecule has 0 aliphatic heterocycles. The molecular formula is C9H21Cl3Nd2O3. The van der Waals surface area contributed by atoms with Crippen molar-refractivity contribution in [3.63, 3.8) is 0 Å². The second kappa shape index (κ2) is 42.7. The third-order valence-corrected chi connectivity index (χ3v) is 0. The minimum atomic E-state index is -0.417. The van der Waals surface area contributed by atoms with Gasteiger partial charge in [0.15, 0.2) is 0 Å². The van der Waals surface area contributed by atoms with Gasteiger partial charge in [0.25, 0.3) is 0 Å². The SMILES string of the molecule is CC(C)[O-].CC(C)[O-].CC(C)[O-].[Cl-].[Cl-].[Cl-].[Nd+3].[Nd+3]. The van der Waals surface area contributed by atoms with Crippen molar-refractivity contribution in [3.8, 4) is 0 Å². The first-order chi connectivity index (χ1) is 5.20. The summed E-state index contributed by atoms with van der Waals surface area (Å²) in [6.45, 7) is 9.67. The van der Waals surface area contributed by atoms with E-state index in [1.165, 1.54) is 0 Å². The van der Waals surface area contributed by atoms with E-state index in [2.05, 4.69) is 0 Å². The second-order valence-electron chi connectivity index (χ2n) is 3.15. The third-order valence-electron chi connectivity index (χ3n) is 0. The fourth-order valence-corrected chi connectivity index (χ4v) is 0. The zero-order valence-corrected chi connectivity index (χ0v) is 19.8. The van der Waals surface area contributed by atoms with E-state index in [-0.39, 0.29) is 119 Å². The average molecular weight is 572 g/mol. The summed E-state index contributed by atoms with van der Waals surface area (Å²) in [5, 5.41) is 28.6. The summed E-state index contributed by atoms with van der Waals surface area (Å²) in [5.74, 6) is 0. The maximum atomic E-state index is 9.53. The van der Waals surface area contributed by atoms with Gasteiger partial charge >= 0.3 is 81.7 Å². The van der Waals surface area contributed by atoms with Crippen LogP contribution in [0.15, 0.2) is 0 Å². The van der Waals surface area contributed by atoms with E-state index in [0.29, 0.717) is 0 Å². The van der Waals surface area contributed by atoms with Crippen LogP contribution in [-0.4, -0.2) is 18.3 Å². The molecule has 0 bridgehead atoms. The molecule has 17 heavy (non-hydrogen) atoms. The Kier molecular flexibility index (Phi) is 125.